The van der Waals surface area contributed by atoms with Crippen LogP contribution in [0.2, 0.25) is 0 Å². The summed E-state index contributed by atoms with van der Waals surface area (Å²) in [6.07, 6.45) is 1.04. The molecule has 1 aromatic rings. The maximum Gasteiger partial charge on any atom is 0.328 e. The number of carbonyl (C=O) groups is 2. The summed E-state index contributed by atoms with van der Waals surface area (Å²) in [6.45, 7) is 10.4. The lowest BCUT2D eigenvalue weighted by Crippen LogP contribution is -2.46. The summed E-state index contributed by atoms with van der Waals surface area (Å²) >= 11 is 0. The van der Waals surface area contributed by atoms with E-state index >= 15 is 0 Å². The highest BCUT2D eigenvalue weighted by molar-refractivity contribution is 6.06. The van der Waals surface area contributed by atoms with Crippen molar-refractivity contribution < 1.29 is 19.1 Å². The van der Waals surface area contributed by atoms with E-state index in [2.05, 4.69) is 0 Å². The molecule has 4 heteroatoms. The summed E-state index contributed by atoms with van der Waals surface area (Å²) < 4.78 is 10.9. The van der Waals surface area contributed by atoms with E-state index in [4.69, 9.17) is 9.47 Å². The van der Waals surface area contributed by atoms with Crippen LogP contribution in [-0.4, -0.2) is 25.2 Å². The largest absolute Gasteiger partial charge is 0.464 e. The molecule has 0 aliphatic heterocycles. The van der Waals surface area contributed by atoms with Crippen LogP contribution in [0.1, 0.15) is 53.0 Å². The molecule has 1 rings (SSSR count). The average molecular weight is 334 g/mol. The summed E-state index contributed by atoms with van der Waals surface area (Å²) in [7, 11) is 0. The molecule has 1 aromatic carbocycles. The second-order valence-electron chi connectivity index (χ2n) is 7.01. The van der Waals surface area contributed by atoms with Crippen LogP contribution >= 0.6 is 0 Å². The zero-order valence-corrected chi connectivity index (χ0v) is 15.5. The zero-order chi connectivity index (χ0) is 18.2. The van der Waals surface area contributed by atoms with E-state index < -0.39 is 17.4 Å². The Balaban J connectivity index is 3.24. The molecular weight excluding hydrogens is 304 g/mol. The van der Waals surface area contributed by atoms with Gasteiger partial charge in [0.1, 0.15) is 0 Å². The first-order valence-corrected chi connectivity index (χ1v) is 8.74. The van der Waals surface area contributed by atoms with Crippen molar-refractivity contribution in [3.8, 4) is 0 Å². The molecule has 0 amide bonds. The van der Waals surface area contributed by atoms with Gasteiger partial charge in [0.15, 0.2) is 5.41 Å². The van der Waals surface area contributed by atoms with Gasteiger partial charge in [0.25, 0.3) is 0 Å². The number of esters is 2. The molecule has 0 spiro atoms. The molecule has 0 N–H and O–H groups in total. The first-order valence-electron chi connectivity index (χ1n) is 8.74. The maximum absolute atomic E-state index is 12.9. The molecule has 0 saturated heterocycles. The predicted molar refractivity (Wildman–Crippen MR) is 94.6 cm³/mol. The first kappa shape index (κ1) is 20.2. The lowest BCUT2D eigenvalue weighted by atomic mass is 9.76. The van der Waals surface area contributed by atoms with E-state index in [1.807, 2.05) is 52.8 Å². The van der Waals surface area contributed by atoms with E-state index in [0.717, 1.165) is 0 Å². The number of carbonyl (C=O) groups excluding carboxylic acids is 2. The Bertz CT molecular complexity index is 496. The lowest BCUT2D eigenvalue weighted by molar-refractivity contribution is -0.167. The zero-order valence-electron chi connectivity index (χ0n) is 15.5. The normalized spacial score (nSPS) is 11.6. The third-order valence-corrected chi connectivity index (χ3v) is 3.68. The van der Waals surface area contributed by atoms with Crippen molar-refractivity contribution in [2.24, 2.45) is 11.8 Å². The SMILES string of the molecule is CCCC(C(=O)OCC(C)C)(C(=O)OCC(C)C)c1ccccc1. The van der Waals surface area contributed by atoms with Gasteiger partial charge in [0.2, 0.25) is 0 Å². The standard InChI is InChI=1S/C20H30O4/c1-6-12-20(17-10-8-7-9-11-17,18(21)23-13-15(2)3)19(22)24-14-16(4)5/h7-11,15-16H,6,12-14H2,1-5H3. The monoisotopic (exact) mass is 334 g/mol. The quantitative estimate of drug-likeness (QED) is 0.503. The minimum Gasteiger partial charge on any atom is -0.464 e. The third-order valence-electron chi connectivity index (χ3n) is 3.68. The molecule has 134 valence electrons. The van der Waals surface area contributed by atoms with Crippen LogP contribution in [0.25, 0.3) is 0 Å². The minimum atomic E-state index is -1.39. The highest BCUT2D eigenvalue weighted by atomic mass is 16.6. The lowest BCUT2D eigenvalue weighted by Gasteiger charge is -2.30. The number of hydrogen-bond donors (Lipinski definition) is 0. The second-order valence-corrected chi connectivity index (χ2v) is 7.01. The summed E-state index contributed by atoms with van der Waals surface area (Å²) in [5.41, 5.74) is -0.755. The van der Waals surface area contributed by atoms with Crippen molar-refractivity contribution >= 4 is 11.9 Å². The van der Waals surface area contributed by atoms with Crippen LogP contribution in [0.3, 0.4) is 0 Å². The minimum absolute atomic E-state index is 0.204. The van der Waals surface area contributed by atoms with E-state index in [1.54, 1.807) is 12.1 Å². The Morgan fingerprint density at radius 1 is 0.917 bits per heavy atom. The van der Waals surface area contributed by atoms with Crippen LogP contribution in [0.4, 0.5) is 0 Å². The van der Waals surface area contributed by atoms with E-state index in [1.165, 1.54) is 0 Å². The van der Waals surface area contributed by atoms with Crippen molar-refractivity contribution in [3.63, 3.8) is 0 Å². The number of benzene rings is 1. The molecule has 0 atom stereocenters. The second kappa shape index (κ2) is 9.45. The van der Waals surface area contributed by atoms with Crippen LogP contribution in [0.5, 0.6) is 0 Å². The average Bonchev–Trinajstić information content (AvgIpc) is 2.56. The highest BCUT2D eigenvalue weighted by Gasteiger charge is 2.50. The van der Waals surface area contributed by atoms with E-state index in [9.17, 15) is 9.59 Å². The van der Waals surface area contributed by atoms with Gasteiger partial charge in [0.05, 0.1) is 13.2 Å². The predicted octanol–water partition coefficient (Wildman–Crippen LogP) is 4.12. The van der Waals surface area contributed by atoms with Gasteiger partial charge < -0.3 is 9.47 Å². The number of ether oxygens (including phenoxy) is 2. The third kappa shape index (κ3) is 5.08. The van der Waals surface area contributed by atoms with Gasteiger partial charge in [0, 0.05) is 0 Å². The molecule has 24 heavy (non-hydrogen) atoms. The molecule has 0 saturated carbocycles. The Morgan fingerprint density at radius 3 is 1.75 bits per heavy atom. The van der Waals surface area contributed by atoms with Crippen molar-refractivity contribution in [2.75, 3.05) is 13.2 Å². The van der Waals surface area contributed by atoms with Gasteiger partial charge in [-0.15, -0.1) is 0 Å². The molecule has 0 bridgehead atoms. The molecule has 0 unspecified atom stereocenters. The van der Waals surface area contributed by atoms with Gasteiger partial charge in [-0.1, -0.05) is 71.4 Å². The summed E-state index contributed by atoms with van der Waals surface area (Å²) in [5, 5.41) is 0. The fraction of sp³-hybridized carbons (Fsp3) is 0.600. The Labute approximate surface area is 145 Å². The Kier molecular flexibility index (Phi) is 7.96. The highest BCUT2D eigenvalue weighted by Crippen LogP contribution is 2.33. The van der Waals surface area contributed by atoms with Crippen molar-refractivity contribution in [3.05, 3.63) is 35.9 Å². The van der Waals surface area contributed by atoms with Crippen molar-refractivity contribution in [2.45, 2.75) is 52.9 Å². The molecule has 0 aliphatic carbocycles. The molecule has 0 fully saturated rings. The molecular formula is C20H30O4. The maximum atomic E-state index is 12.9. The van der Waals surface area contributed by atoms with Gasteiger partial charge in [-0.2, -0.15) is 0 Å². The van der Waals surface area contributed by atoms with Crippen LogP contribution in [0, 0.1) is 11.8 Å². The van der Waals surface area contributed by atoms with Crippen LogP contribution in [0.15, 0.2) is 30.3 Å². The van der Waals surface area contributed by atoms with Gasteiger partial charge in [-0.05, 0) is 23.8 Å². The summed E-state index contributed by atoms with van der Waals surface area (Å²) in [4.78, 5) is 25.8. The summed E-state index contributed by atoms with van der Waals surface area (Å²) in [6, 6.07) is 9.10. The Hall–Kier alpha value is -1.84. The smallest absolute Gasteiger partial charge is 0.328 e. The molecule has 0 heterocycles. The fourth-order valence-corrected chi connectivity index (χ4v) is 2.50. The summed E-state index contributed by atoms with van der Waals surface area (Å²) in [5.74, 6) is -0.623. The van der Waals surface area contributed by atoms with Crippen LogP contribution in [-0.2, 0) is 24.5 Å². The molecule has 0 radical (unpaired) electrons. The van der Waals surface area contributed by atoms with E-state index in [-0.39, 0.29) is 25.0 Å². The fourth-order valence-electron chi connectivity index (χ4n) is 2.50. The number of rotatable bonds is 9. The van der Waals surface area contributed by atoms with Gasteiger partial charge >= 0.3 is 11.9 Å². The molecule has 0 aliphatic rings. The first-order chi connectivity index (χ1) is 11.3. The molecule has 4 nitrogen and oxygen atoms in total. The Morgan fingerprint density at radius 2 is 1.38 bits per heavy atom. The number of hydrogen-bond acceptors (Lipinski definition) is 4. The van der Waals surface area contributed by atoms with E-state index in [0.29, 0.717) is 18.4 Å². The van der Waals surface area contributed by atoms with Gasteiger partial charge in [-0.25, -0.2) is 0 Å². The van der Waals surface area contributed by atoms with Gasteiger partial charge in [-0.3, -0.25) is 9.59 Å². The molecule has 0 aromatic heterocycles. The van der Waals surface area contributed by atoms with Crippen LogP contribution < -0.4 is 0 Å². The van der Waals surface area contributed by atoms with Crippen molar-refractivity contribution in [1.82, 2.24) is 0 Å². The topological polar surface area (TPSA) is 52.6 Å². The van der Waals surface area contributed by atoms with Crippen molar-refractivity contribution in [1.29, 1.82) is 0 Å².